The van der Waals surface area contributed by atoms with Crippen molar-refractivity contribution in [1.82, 2.24) is 10.2 Å². The van der Waals surface area contributed by atoms with Crippen LogP contribution in [0, 0.1) is 22.0 Å². The molecule has 3 rings (SSSR count). The SMILES string of the molecule is CC(c1ccc([N+](=O)[O-])cc1)N1C[C@H]2CNC[C@H]2C1. The molecular weight excluding hydrogens is 242 g/mol. The summed E-state index contributed by atoms with van der Waals surface area (Å²) in [5, 5.41) is 14.1. The van der Waals surface area contributed by atoms with Gasteiger partial charge in [0.25, 0.3) is 5.69 Å². The van der Waals surface area contributed by atoms with Crippen LogP contribution in [0.15, 0.2) is 24.3 Å². The van der Waals surface area contributed by atoms with Crippen molar-refractivity contribution in [3.8, 4) is 0 Å². The molecule has 1 N–H and O–H groups in total. The van der Waals surface area contributed by atoms with Crippen LogP contribution in [0.25, 0.3) is 0 Å². The minimum Gasteiger partial charge on any atom is -0.316 e. The summed E-state index contributed by atoms with van der Waals surface area (Å²) in [6.07, 6.45) is 0. The van der Waals surface area contributed by atoms with Gasteiger partial charge < -0.3 is 5.32 Å². The maximum absolute atomic E-state index is 10.7. The topological polar surface area (TPSA) is 58.4 Å². The van der Waals surface area contributed by atoms with Crippen LogP contribution in [-0.2, 0) is 0 Å². The van der Waals surface area contributed by atoms with Crippen LogP contribution >= 0.6 is 0 Å². The van der Waals surface area contributed by atoms with E-state index in [0.717, 1.165) is 38.0 Å². The molecule has 2 fully saturated rings. The summed E-state index contributed by atoms with van der Waals surface area (Å²) in [5.41, 5.74) is 1.33. The third-order valence-corrected chi connectivity index (χ3v) is 4.55. The zero-order valence-corrected chi connectivity index (χ0v) is 11.1. The Morgan fingerprint density at radius 3 is 2.37 bits per heavy atom. The fourth-order valence-electron chi connectivity index (χ4n) is 3.29. The summed E-state index contributed by atoms with van der Waals surface area (Å²) in [7, 11) is 0. The standard InChI is InChI=1S/C14H19N3O2/c1-10(11-2-4-14(5-3-11)17(18)19)16-8-12-6-15-7-13(12)9-16/h2-5,10,12-13,15H,6-9H2,1H3/t10?,12-,13+. The van der Waals surface area contributed by atoms with Crippen molar-refractivity contribution in [3.05, 3.63) is 39.9 Å². The second-order valence-corrected chi connectivity index (χ2v) is 5.66. The maximum Gasteiger partial charge on any atom is 0.269 e. The third-order valence-electron chi connectivity index (χ3n) is 4.55. The number of nitrogens with one attached hydrogen (secondary N) is 1. The fourth-order valence-corrected chi connectivity index (χ4v) is 3.29. The van der Waals surface area contributed by atoms with Gasteiger partial charge in [-0.05, 0) is 37.4 Å². The molecule has 2 heterocycles. The van der Waals surface area contributed by atoms with Gasteiger partial charge in [0.2, 0.25) is 0 Å². The van der Waals surface area contributed by atoms with Crippen molar-refractivity contribution in [2.24, 2.45) is 11.8 Å². The second kappa shape index (κ2) is 4.90. The molecule has 1 aromatic rings. The lowest BCUT2D eigenvalue weighted by Crippen LogP contribution is -2.28. The van der Waals surface area contributed by atoms with Gasteiger partial charge in [-0.1, -0.05) is 12.1 Å². The Morgan fingerprint density at radius 2 is 1.84 bits per heavy atom. The van der Waals surface area contributed by atoms with Crippen molar-refractivity contribution in [2.45, 2.75) is 13.0 Å². The monoisotopic (exact) mass is 261 g/mol. The summed E-state index contributed by atoms with van der Waals surface area (Å²) in [4.78, 5) is 12.8. The van der Waals surface area contributed by atoms with E-state index in [1.165, 1.54) is 5.56 Å². The van der Waals surface area contributed by atoms with E-state index in [4.69, 9.17) is 0 Å². The fraction of sp³-hybridized carbons (Fsp3) is 0.571. The lowest BCUT2D eigenvalue weighted by atomic mass is 10.0. The predicted octanol–water partition coefficient (Wildman–Crippen LogP) is 1.81. The average Bonchev–Trinajstić information content (AvgIpc) is 2.98. The van der Waals surface area contributed by atoms with Crippen molar-refractivity contribution >= 4 is 5.69 Å². The molecule has 5 heteroatoms. The van der Waals surface area contributed by atoms with Gasteiger partial charge in [-0.2, -0.15) is 0 Å². The normalized spacial score (nSPS) is 28.3. The number of fused-ring (bicyclic) bond motifs is 1. The van der Waals surface area contributed by atoms with Crippen LogP contribution in [0.3, 0.4) is 0 Å². The molecule has 2 saturated heterocycles. The van der Waals surface area contributed by atoms with Crippen LogP contribution in [0.4, 0.5) is 5.69 Å². The minimum atomic E-state index is -0.347. The Labute approximate surface area is 112 Å². The van der Waals surface area contributed by atoms with Crippen LogP contribution in [-0.4, -0.2) is 36.0 Å². The van der Waals surface area contributed by atoms with Crippen LogP contribution in [0.2, 0.25) is 0 Å². The highest BCUT2D eigenvalue weighted by atomic mass is 16.6. The lowest BCUT2D eigenvalue weighted by Gasteiger charge is -2.25. The van der Waals surface area contributed by atoms with Crippen LogP contribution in [0.1, 0.15) is 18.5 Å². The van der Waals surface area contributed by atoms with Crippen molar-refractivity contribution in [1.29, 1.82) is 0 Å². The Morgan fingerprint density at radius 1 is 1.26 bits per heavy atom. The van der Waals surface area contributed by atoms with E-state index in [-0.39, 0.29) is 10.6 Å². The number of likely N-dealkylation sites (tertiary alicyclic amines) is 1. The van der Waals surface area contributed by atoms with E-state index in [0.29, 0.717) is 6.04 Å². The molecule has 0 amide bonds. The molecule has 0 aliphatic carbocycles. The van der Waals surface area contributed by atoms with Crippen molar-refractivity contribution < 1.29 is 4.92 Å². The predicted molar refractivity (Wildman–Crippen MR) is 72.9 cm³/mol. The summed E-state index contributed by atoms with van der Waals surface area (Å²) in [5.74, 6) is 1.56. The summed E-state index contributed by atoms with van der Waals surface area (Å²) < 4.78 is 0. The van der Waals surface area contributed by atoms with Gasteiger partial charge in [0.05, 0.1) is 4.92 Å². The van der Waals surface area contributed by atoms with Gasteiger partial charge in [0, 0.05) is 31.3 Å². The van der Waals surface area contributed by atoms with Gasteiger partial charge in [0.1, 0.15) is 0 Å². The Bertz CT molecular complexity index is 462. The number of benzene rings is 1. The molecule has 0 spiro atoms. The summed E-state index contributed by atoms with van der Waals surface area (Å²) >= 11 is 0. The highest BCUT2D eigenvalue weighted by molar-refractivity contribution is 5.34. The van der Waals surface area contributed by atoms with E-state index in [1.807, 2.05) is 12.1 Å². The molecule has 2 aliphatic heterocycles. The maximum atomic E-state index is 10.7. The first-order valence-corrected chi connectivity index (χ1v) is 6.84. The molecule has 0 bridgehead atoms. The van der Waals surface area contributed by atoms with Gasteiger partial charge in [-0.25, -0.2) is 0 Å². The van der Waals surface area contributed by atoms with Gasteiger partial charge in [-0.3, -0.25) is 15.0 Å². The van der Waals surface area contributed by atoms with E-state index >= 15 is 0 Å². The van der Waals surface area contributed by atoms with Gasteiger partial charge in [0.15, 0.2) is 0 Å². The van der Waals surface area contributed by atoms with Crippen LogP contribution in [0.5, 0.6) is 0 Å². The molecule has 2 aliphatic rings. The van der Waals surface area contributed by atoms with Crippen molar-refractivity contribution in [3.63, 3.8) is 0 Å². The van der Waals surface area contributed by atoms with Crippen LogP contribution < -0.4 is 5.32 Å². The molecule has 0 radical (unpaired) electrons. The van der Waals surface area contributed by atoms with E-state index < -0.39 is 0 Å². The molecule has 1 aromatic carbocycles. The van der Waals surface area contributed by atoms with Gasteiger partial charge in [-0.15, -0.1) is 0 Å². The zero-order chi connectivity index (χ0) is 13.4. The largest absolute Gasteiger partial charge is 0.316 e. The average molecular weight is 261 g/mol. The first-order chi connectivity index (χ1) is 9.15. The highest BCUT2D eigenvalue weighted by Gasteiger charge is 2.37. The zero-order valence-electron chi connectivity index (χ0n) is 11.1. The third kappa shape index (κ3) is 2.35. The summed E-state index contributed by atoms with van der Waals surface area (Å²) in [6.45, 7) is 6.73. The molecule has 102 valence electrons. The molecule has 0 saturated carbocycles. The van der Waals surface area contributed by atoms with E-state index in [2.05, 4.69) is 17.1 Å². The number of rotatable bonds is 3. The second-order valence-electron chi connectivity index (χ2n) is 5.66. The Kier molecular flexibility index (Phi) is 3.24. The van der Waals surface area contributed by atoms with E-state index in [9.17, 15) is 10.1 Å². The first-order valence-electron chi connectivity index (χ1n) is 6.84. The minimum absolute atomic E-state index is 0.165. The molecule has 5 nitrogen and oxygen atoms in total. The number of nitrogens with zero attached hydrogens (tertiary/aromatic N) is 2. The smallest absolute Gasteiger partial charge is 0.269 e. The molecule has 19 heavy (non-hydrogen) atoms. The number of non-ortho nitro benzene ring substituents is 1. The number of hydrogen-bond donors (Lipinski definition) is 1. The molecule has 3 atom stereocenters. The number of hydrogen-bond acceptors (Lipinski definition) is 4. The summed E-state index contributed by atoms with van der Waals surface area (Å²) in [6, 6.07) is 7.31. The van der Waals surface area contributed by atoms with Gasteiger partial charge >= 0.3 is 0 Å². The Balaban J connectivity index is 1.70. The molecular formula is C14H19N3O2. The number of nitro benzene ring substituents is 1. The first kappa shape index (κ1) is 12.6. The lowest BCUT2D eigenvalue weighted by molar-refractivity contribution is -0.384. The quantitative estimate of drug-likeness (QED) is 0.666. The van der Waals surface area contributed by atoms with E-state index in [1.54, 1.807) is 12.1 Å². The van der Waals surface area contributed by atoms with Crippen molar-refractivity contribution in [2.75, 3.05) is 26.2 Å². The molecule has 1 unspecified atom stereocenters. The number of nitro groups is 1. The molecule has 0 aromatic heterocycles. The highest BCUT2D eigenvalue weighted by Crippen LogP contribution is 2.33. The Hall–Kier alpha value is -1.46.